The van der Waals surface area contributed by atoms with Gasteiger partial charge in [-0.1, -0.05) is 24.4 Å². The molecule has 1 fully saturated rings. The minimum Gasteiger partial charge on any atom is -0.299 e. The van der Waals surface area contributed by atoms with E-state index < -0.39 is 5.41 Å². The van der Waals surface area contributed by atoms with Gasteiger partial charge in [0.15, 0.2) is 5.82 Å². The van der Waals surface area contributed by atoms with Crippen LogP contribution in [0.4, 0.5) is 5.13 Å². The molecule has 0 aliphatic heterocycles. The lowest BCUT2D eigenvalue weighted by Gasteiger charge is -2.17. The summed E-state index contributed by atoms with van der Waals surface area (Å²) in [6, 6.07) is 5.66. The zero-order chi connectivity index (χ0) is 15.6. The van der Waals surface area contributed by atoms with Crippen LogP contribution >= 0.6 is 23.1 Å². The first-order chi connectivity index (χ1) is 10.6. The molecule has 1 amide bonds. The van der Waals surface area contributed by atoms with E-state index in [1.54, 1.807) is 18.3 Å². The number of carbonyl (C=O) groups excluding carboxylic acids is 1. The fourth-order valence-electron chi connectivity index (χ4n) is 2.52. The summed E-state index contributed by atoms with van der Waals surface area (Å²) in [6.45, 7) is 0. The second-order valence-corrected chi connectivity index (χ2v) is 6.23. The molecule has 1 saturated carbocycles. The summed E-state index contributed by atoms with van der Waals surface area (Å²) in [5.74, 6) is 0.114. The Bertz CT molecular complexity index is 748. The van der Waals surface area contributed by atoms with Gasteiger partial charge in [-0.3, -0.25) is 10.1 Å². The summed E-state index contributed by atoms with van der Waals surface area (Å²) in [7, 11) is 0. The minimum atomic E-state index is -0.933. The van der Waals surface area contributed by atoms with Crippen molar-refractivity contribution in [3.63, 3.8) is 0 Å². The van der Waals surface area contributed by atoms with Crippen LogP contribution in [0.25, 0.3) is 11.4 Å². The Kier molecular flexibility index (Phi) is 4.05. The molecule has 0 saturated heterocycles. The van der Waals surface area contributed by atoms with E-state index in [9.17, 15) is 10.1 Å². The molecule has 2 heterocycles. The van der Waals surface area contributed by atoms with E-state index >= 15 is 0 Å². The standard InChI is InChI=1S/C14H12ClN5OS/c15-10-9(4-3-7-17-10)11-18-13(22-20-11)19-12(21)14(8-16)5-1-2-6-14/h3-4,7H,1-2,5-6H2,(H,18,19,20,21). The predicted molar refractivity (Wildman–Crippen MR) is 83.3 cm³/mol. The molecule has 1 aliphatic rings. The third kappa shape index (κ3) is 2.67. The smallest absolute Gasteiger partial charge is 0.246 e. The van der Waals surface area contributed by atoms with E-state index in [-0.39, 0.29) is 5.91 Å². The average molecular weight is 334 g/mol. The Morgan fingerprint density at radius 2 is 2.23 bits per heavy atom. The van der Waals surface area contributed by atoms with Crippen molar-refractivity contribution < 1.29 is 4.79 Å². The molecule has 6 nitrogen and oxygen atoms in total. The van der Waals surface area contributed by atoms with E-state index in [0.29, 0.717) is 34.5 Å². The maximum atomic E-state index is 12.3. The van der Waals surface area contributed by atoms with Crippen molar-refractivity contribution in [3.05, 3.63) is 23.5 Å². The van der Waals surface area contributed by atoms with E-state index in [4.69, 9.17) is 11.6 Å². The number of hydrogen-bond donors (Lipinski definition) is 1. The molecule has 22 heavy (non-hydrogen) atoms. The number of hydrogen-bond acceptors (Lipinski definition) is 6. The van der Waals surface area contributed by atoms with E-state index in [1.807, 2.05) is 0 Å². The Morgan fingerprint density at radius 1 is 1.45 bits per heavy atom. The van der Waals surface area contributed by atoms with Gasteiger partial charge in [-0.05, 0) is 25.0 Å². The third-order valence-electron chi connectivity index (χ3n) is 3.75. The number of pyridine rings is 1. The predicted octanol–water partition coefficient (Wildman–Crippen LogP) is 3.28. The van der Waals surface area contributed by atoms with Gasteiger partial charge in [-0.25, -0.2) is 4.98 Å². The van der Waals surface area contributed by atoms with Crippen LogP contribution in [0.15, 0.2) is 18.3 Å². The van der Waals surface area contributed by atoms with Gasteiger partial charge < -0.3 is 0 Å². The van der Waals surface area contributed by atoms with Crippen molar-refractivity contribution in [1.29, 1.82) is 5.26 Å². The lowest BCUT2D eigenvalue weighted by Crippen LogP contribution is -2.32. The van der Waals surface area contributed by atoms with Crippen molar-refractivity contribution >= 4 is 34.2 Å². The Hall–Kier alpha value is -2.04. The monoisotopic (exact) mass is 333 g/mol. The molecular weight excluding hydrogens is 322 g/mol. The Balaban J connectivity index is 1.79. The Morgan fingerprint density at radius 3 is 2.91 bits per heavy atom. The molecule has 8 heteroatoms. The molecule has 1 aliphatic carbocycles. The van der Waals surface area contributed by atoms with Gasteiger partial charge >= 0.3 is 0 Å². The van der Waals surface area contributed by atoms with Crippen LogP contribution in [0.3, 0.4) is 0 Å². The van der Waals surface area contributed by atoms with Crippen molar-refractivity contribution in [2.45, 2.75) is 25.7 Å². The summed E-state index contributed by atoms with van der Waals surface area (Å²) in [6.07, 6.45) is 4.56. The number of nitrogens with one attached hydrogen (secondary N) is 1. The topological polar surface area (TPSA) is 91.6 Å². The van der Waals surface area contributed by atoms with E-state index in [1.165, 1.54) is 0 Å². The zero-order valence-corrected chi connectivity index (χ0v) is 13.1. The summed E-state index contributed by atoms with van der Waals surface area (Å²) < 4.78 is 4.18. The minimum absolute atomic E-state index is 0.299. The first-order valence-electron chi connectivity index (χ1n) is 6.82. The molecule has 1 N–H and O–H groups in total. The summed E-state index contributed by atoms with van der Waals surface area (Å²) >= 11 is 7.07. The number of aromatic nitrogens is 3. The van der Waals surface area contributed by atoms with Gasteiger partial charge in [-0.15, -0.1) is 0 Å². The molecule has 0 unspecified atom stereocenters. The number of carbonyl (C=O) groups is 1. The molecule has 0 bridgehead atoms. The van der Waals surface area contributed by atoms with Gasteiger partial charge in [0.2, 0.25) is 11.0 Å². The second-order valence-electron chi connectivity index (χ2n) is 5.12. The average Bonchev–Trinajstić information content (AvgIpc) is 3.17. The SMILES string of the molecule is N#CC1(C(=O)Nc2nc(-c3cccnc3Cl)ns2)CCCC1. The van der Waals surface area contributed by atoms with Crippen LogP contribution in [0.5, 0.6) is 0 Å². The van der Waals surface area contributed by atoms with E-state index in [2.05, 4.69) is 25.7 Å². The largest absolute Gasteiger partial charge is 0.299 e. The summed E-state index contributed by atoms with van der Waals surface area (Å²) in [4.78, 5) is 20.6. The maximum Gasteiger partial charge on any atom is 0.246 e. The molecule has 112 valence electrons. The van der Waals surface area contributed by atoms with Gasteiger partial charge in [0.25, 0.3) is 0 Å². The molecule has 2 aromatic rings. The van der Waals surface area contributed by atoms with Gasteiger partial charge in [0, 0.05) is 17.7 Å². The number of anilines is 1. The highest BCUT2D eigenvalue weighted by atomic mass is 35.5. The quantitative estimate of drug-likeness (QED) is 0.870. The maximum absolute atomic E-state index is 12.3. The fraction of sp³-hybridized carbons (Fsp3) is 0.357. The fourth-order valence-corrected chi connectivity index (χ4v) is 3.30. The number of amides is 1. The lowest BCUT2D eigenvalue weighted by molar-refractivity contribution is -0.122. The number of halogens is 1. The first kappa shape index (κ1) is 14.9. The zero-order valence-electron chi connectivity index (χ0n) is 11.5. The van der Waals surface area contributed by atoms with Gasteiger partial charge in [0.05, 0.1) is 11.6 Å². The van der Waals surface area contributed by atoms with Crippen LogP contribution in [0.1, 0.15) is 25.7 Å². The van der Waals surface area contributed by atoms with Crippen molar-refractivity contribution in [2.24, 2.45) is 5.41 Å². The number of nitrogens with zero attached hydrogens (tertiary/aromatic N) is 4. The highest BCUT2D eigenvalue weighted by Crippen LogP contribution is 2.38. The number of rotatable bonds is 3. The molecule has 2 aromatic heterocycles. The van der Waals surface area contributed by atoms with Crippen molar-refractivity contribution in [2.75, 3.05) is 5.32 Å². The van der Waals surface area contributed by atoms with Crippen LogP contribution < -0.4 is 5.32 Å². The number of nitriles is 1. The summed E-state index contributed by atoms with van der Waals surface area (Å²) in [5.41, 5.74) is -0.325. The van der Waals surface area contributed by atoms with Crippen LogP contribution in [0.2, 0.25) is 5.15 Å². The Labute approximate surface area is 136 Å². The molecule has 0 spiro atoms. The molecule has 3 rings (SSSR count). The van der Waals surface area contributed by atoms with Crippen LogP contribution in [-0.4, -0.2) is 20.2 Å². The van der Waals surface area contributed by atoms with Crippen molar-refractivity contribution in [1.82, 2.24) is 14.3 Å². The van der Waals surface area contributed by atoms with Gasteiger partial charge in [-0.2, -0.15) is 14.6 Å². The lowest BCUT2D eigenvalue weighted by atomic mass is 9.87. The second kappa shape index (κ2) is 5.99. The highest BCUT2D eigenvalue weighted by molar-refractivity contribution is 7.10. The molecule has 0 radical (unpaired) electrons. The first-order valence-corrected chi connectivity index (χ1v) is 7.97. The van der Waals surface area contributed by atoms with Crippen LogP contribution in [0, 0.1) is 16.7 Å². The molecule has 0 aromatic carbocycles. The van der Waals surface area contributed by atoms with Crippen LogP contribution in [-0.2, 0) is 4.79 Å². The van der Waals surface area contributed by atoms with E-state index in [0.717, 1.165) is 24.4 Å². The highest BCUT2D eigenvalue weighted by Gasteiger charge is 2.41. The van der Waals surface area contributed by atoms with Crippen molar-refractivity contribution in [3.8, 4) is 17.5 Å². The molecular formula is C14H12ClN5OS. The summed E-state index contributed by atoms with van der Waals surface area (Å²) in [5, 5.41) is 12.7. The normalized spacial score (nSPS) is 16.2. The third-order valence-corrected chi connectivity index (χ3v) is 4.68. The molecule has 0 atom stereocenters. The van der Waals surface area contributed by atoms with Gasteiger partial charge in [0.1, 0.15) is 10.6 Å².